The molecule has 0 unspecified atom stereocenters. The Kier molecular flexibility index (Phi) is 6.02. The van der Waals surface area contributed by atoms with E-state index in [4.69, 9.17) is 0 Å². The van der Waals surface area contributed by atoms with Crippen LogP contribution in [0.1, 0.15) is 15.9 Å². The van der Waals surface area contributed by atoms with Gasteiger partial charge in [0.05, 0.1) is 11.1 Å². The number of halogens is 3. The molecule has 0 fully saturated rings. The average Bonchev–Trinajstić information content (AvgIpc) is 2.79. The van der Waals surface area contributed by atoms with Gasteiger partial charge in [0, 0.05) is 25.0 Å². The molecule has 0 atom stereocenters. The number of benzene rings is 3. The Morgan fingerprint density at radius 3 is 2.47 bits per heavy atom. The van der Waals surface area contributed by atoms with E-state index in [1.54, 1.807) is 19.2 Å². The van der Waals surface area contributed by atoms with Gasteiger partial charge in [0.15, 0.2) is 0 Å². The number of amides is 1. The molecule has 1 amide bonds. The maximum Gasteiger partial charge on any atom is 0.254 e. The van der Waals surface area contributed by atoms with Crippen molar-refractivity contribution in [3.8, 4) is 11.1 Å². The molecular weight excluding hydrogens is 417 g/mol. The van der Waals surface area contributed by atoms with E-state index in [1.165, 1.54) is 12.4 Å². The highest BCUT2D eigenvalue weighted by molar-refractivity contribution is 5.94. The number of rotatable bonds is 6. The predicted octanol–water partition coefficient (Wildman–Crippen LogP) is 4.73. The van der Waals surface area contributed by atoms with Gasteiger partial charge in [-0.3, -0.25) is 4.79 Å². The quantitative estimate of drug-likeness (QED) is 0.459. The van der Waals surface area contributed by atoms with Crippen LogP contribution in [0.4, 0.5) is 19.0 Å². The first-order valence-electron chi connectivity index (χ1n) is 9.91. The molecule has 0 saturated carbocycles. The zero-order valence-electron chi connectivity index (χ0n) is 17.1. The number of hydrogen-bond donors (Lipinski definition) is 2. The van der Waals surface area contributed by atoms with Crippen LogP contribution in [0.3, 0.4) is 0 Å². The lowest BCUT2D eigenvalue weighted by molar-refractivity contribution is 0.0950. The van der Waals surface area contributed by atoms with Gasteiger partial charge in [-0.05, 0) is 59.5 Å². The zero-order valence-corrected chi connectivity index (χ0v) is 17.1. The molecule has 2 N–H and O–H groups in total. The van der Waals surface area contributed by atoms with Crippen LogP contribution in [0, 0.1) is 17.5 Å². The Morgan fingerprint density at radius 2 is 1.69 bits per heavy atom. The van der Waals surface area contributed by atoms with E-state index in [-0.39, 0.29) is 18.5 Å². The lowest BCUT2D eigenvalue weighted by Crippen LogP contribution is -2.26. The standard InChI is InChI=1S/C24H19F3N4O/c1-28-23-19-11-15(3-7-22(19)30-13-31-23)14-2-6-20(26)16(10-14)8-9-29-24(32)18-5-4-17(25)12-21(18)27/h2-7,10-13H,8-9H2,1H3,(H,29,32)(H,28,30,31). The fourth-order valence-corrected chi connectivity index (χ4v) is 3.46. The molecule has 1 aromatic heterocycles. The molecule has 0 spiro atoms. The van der Waals surface area contributed by atoms with Gasteiger partial charge in [-0.1, -0.05) is 12.1 Å². The number of anilines is 1. The SMILES string of the molecule is CNc1ncnc2ccc(-c3ccc(F)c(CCNC(=O)c4ccc(F)cc4F)c3)cc12. The molecular formula is C24H19F3N4O. The average molecular weight is 436 g/mol. The molecule has 0 saturated heterocycles. The Morgan fingerprint density at radius 1 is 0.906 bits per heavy atom. The molecule has 0 radical (unpaired) electrons. The van der Waals surface area contributed by atoms with Crippen LogP contribution in [0.5, 0.6) is 0 Å². The highest BCUT2D eigenvalue weighted by Crippen LogP contribution is 2.28. The third-order valence-corrected chi connectivity index (χ3v) is 5.11. The molecule has 4 rings (SSSR count). The Bertz CT molecular complexity index is 1310. The van der Waals surface area contributed by atoms with Crippen molar-refractivity contribution in [3.63, 3.8) is 0 Å². The van der Waals surface area contributed by atoms with Crippen molar-refractivity contribution in [1.29, 1.82) is 0 Å². The topological polar surface area (TPSA) is 66.9 Å². The van der Waals surface area contributed by atoms with Crippen LogP contribution < -0.4 is 10.6 Å². The maximum absolute atomic E-state index is 14.4. The van der Waals surface area contributed by atoms with Crippen LogP contribution in [0.15, 0.2) is 60.9 Å². The summed E-state index contributed by atoms with van der Waals surface area (Å²) in [4.78, 5) is 20.6. The summed E-state index contributed by atoms with van der Waals surface area (Å²) in [5, 5.41) is 6.41. The summed E-state index contributed by atoms with van der Waals surface area (Å²) < 4.78 is 41.1. The van der Waals surface area contributed by atoms with Crippen molar-refractivity contribution in [2.24, 2.45) is 0 Å². The van der Waals surface area contributed by atoms with E-state index >= 15 is 0 Å². The summed E-state index contributed by atoms with van der Waals surface area (Å²) in [5.41, 5.74) is 2.58. The molecule has 162 valence electrons. The monoisotopic (exact) mass is 436 g/mol. The second-order valence-corrected chi connectivity index (χ2v) is 7.14. The lowest BCUT2D eigenvalue weighted by Gasteiger charge is -2.10. The molecule has 1 heterocycles. The van der Waals surface area contributed by atoms with E-state index in [1.807, 2.05) is 18.2 Å². The van der Waals surface area contributed by atoms with Crippen molar-refractivity contribution in [1.82, 2.24) is 15.3 Å². The second-order valence-electron chi connectivity index (χ2n) is 7.14. The number of nitrogens with zero attached hydrogens (tertiary/aromatic N) is 2. The molecule has 32 heavy (non-hydrogen) atoms. The number of aromatic nitrogens is 2. The highest BCUT2D eigenvalue weighted by atomic mass is 19.1. The lowest BCUT2D eigenvalue weighted by atomic mass is 9.99. The summed E-state index contributed by atoms with van der Waals surface area (Å²) in [7, 11) is 1.77. The van der Waals surface area contributed by atoms with Gasteiger partial charge in [-0.25, -0.2) is 23.1 Å². The normalized spacial score (nSPS) is 10.9. The van der Waals surface area contributed by atoms with Gasteiger partial charge in [0.1, 0.15) is 29.6 Å². The number of hydrogen-bond acceptors (Lipinski definition) is 4. The van der Waals surface area contributed by atoms with E-state index < -0.39 is 23.4 Å². The number of nitrogens with one attached hydrogen (secondary N) is 2. The van der Waals surface area contributed by atoms with E-state index in [0.29, 0.717) is 17.4 Å². The van der Waals surface area contributed by atoms with Crippen LogP contribution in [0.2, 0.25) is 0 Å². The smallest absolute Gasteiger partial charge is 0.254 e. The third-order valence-electron chi connectivity index (χ3n) is 5.11. The molecule has 8 heteroatoms. The highest BCUT2D eigenvalue weighted by Gasteiger charge is 2.13. The number of fused-ring (bicyclic) bond motifs is 1. The molecule has 3 aromatic carbocycles. The molecule has 0 aliphatic carbocycles. The largest absolute Gasteiger partial charge is 0.373 e. The Balaban J connectivity index is 1.52. The molecule has 0 aliphatic heterocycles. The third kappa shape index (κ3) is 4.39. The van der Waals surface area contributed by atoms with Crippen molar-refractivity contribution in [3.05, 3.63) is 89.5 Å². The predicted molar refractivity (Wildman–Crippen MR) is 117 cm³/mol. The van der Waals surface area contributed by atoms with Crippen LogP contribution >= 0.6 is 0 Å². The summed E-state index contributed by atoms with van der Waals surface area (Å²) in [5.74, 6) is -2.11. The van der Waals surface area contributed by atoms with Crippen LogP contribution in [-0.4, -0.2) is 29.5 Å². The van der Waals surface area contributed by atoms with Gasteiger partial charge in [0.25, 0.3) is 5.91 Å². The maximum atomic E-state index is 14.4. The van der Waals surface area contributed by atoms with Crippen molar-refractivity contribution >= 4 is 22.6 Å². The number of carbonyl (C=O) groups excluding carboxylic acids is 1. The van der Waals surface area contributed by atoms with Gasteiger partial charge >= 0.3 is 0 Å². The summed E-state index contributed by atoms with van der Waals surface area (Å²) in [6.45, 7) is 0.0888. The molecule has 4 aromatic rings. The minimum atomic E-state index is -0.947. The van der Waals surface area contributed by atoms with E-state index in [0.717, 1.165) is 34.2 Å². The first-order valence-corrected chi connectivity index (χ1v) is 9.91. The van der Waals surface area contributed by atoms with Crippen molar-refractivity contribution in [2.75, 3.05) is 18.9 Å². The number of carbonyl (C=O) groups is 1. The second kappa shape index (κ2) is 9.05. The zero-order chi connectivity index (χ0) is 22.7. The minimum Gasteiger partial charge on any atom is -0.373 e. The fraction of sp³-hybridized carbons (Fsp3) is 0.125. The van der Waals surface area contributed by atoms with Crippen molar-refractivity contribution < 1.29 is 18.0 Å². The fourth-order valence-electron chi connectivity index (χ4n) is 3.46. The Hall–Kier alpha value is -3.94. The van der Waals surface area contributed by atoms with Crippen LogP contribution in [0.25, 0.3) is 22.0 Å². The molecule has 0 bridgehead atoms. The summed E-state index contributed by atoms with van der Waals surface area (Å²) >= 11 is 0. The Labute approximate surface area is 182 Å². The summed E-state index contributed by atoms with van der Waals surface area (Å²) in [6, 6.07) is 13.2. The van der Waals surface area contributed by atoms with Crippen molar-refractivity contribution in [2.45, 2.75) is 6.42 Å². The van der Waals surface area contributed by atoms with Crippen LogP contribution in [-0.2, 0) is 6.42 Å². The van der Waals surface area contributed by atoms with Gasteiger partial charge in [0.2, 0.25) is 0 Å². The van der Waals surface area contributed by atoms with Gasteiger partial charge in [-0.2, -0.15) is 0 Å². The van der Waals surface area contributed by atoms with E-state index in [2.05, 4.69) is 20.6 Å². The first kappa shape index (κ1) is 21.3. The molecule has 0 aliphatic rings. The van der Waals surface area contributed by atoms with Gasteiger partial charge in [-0.15, -0.1) is 0 Å². The minimum absolute atomic E-state index is 0.0888. The first-order chi connectivity index (χ1) is 15.5. The van der Waals surface area contributed by atoms with E-state index in [9.17, 15) is 18.0 Å². The summed E-state index contributed by atoms with van der Waals surface area (Å²) in [6.07, 6.45) is 1.68. The molecule has 5 nitrogen and oxygen atoms in total. The van der Waals surface area contributed by atoms with Gasteiger partial charge < -0.3 is 10.6 Å².